The summed E-state index contributed by atoms with van der Waals surface area (Å²) in [5, 5.41) is 5.77. The highest BCUT2D eigenvalue weighted by Crippen LogP contribution is 2.37. The van der Waals surface area contributed by atoms with Crippen molar-refractivity contribution in [1.82, 2.24) is 0 Å². The van der Waals surface area contributed by atoms with Gasteiger partial charge in [0.25, 0.3) is 5.91 Å². The molecular weight excluding hydrogens is 368 g/mol. The number of rotatable bonds is 8. The highest BCUT2D eigenvalue weighted by molar-refractivity contribution is 6.32. The molecule has 0 aromatic heterocycles. The number of hydrogen-bond donors (Lipinski definition) is 2. The van der Waals surface area contributed by atoms with Crippen LogP contribution in [0.4, 0.5) is 11.4 Å². The first-order valence-electron chi connectivity index (χ1n) is 8.72. The molecule has 0 bridgehead atoms. The molecule has 6 nitrogen and oxygen atoms in total. The van der Waals surface area contributed by atoms with Crippen molar-refractivity contribution < 1.29 is 19.1 Å². The van der Waals surface area contributed by atoms with E-state index in [1.807, 2.05) is 13.8 Å². The van der Waals surface area contributed by atoms with Gasteiger partial charge in [-0.1, -0.05) is 24.6 Å². The number of carbonyl (C=O) groups is 2. The molecule has 0 saturated heterocycles. The predicted molar refractivity (Wildman–Crippen MR) is 107 cm³/mol. The maximum atomic E-state index is 12.6. The highest BCUT2D eigenvalue weighted by Gasteiger charge is 2.16. The minimum atomic E-state index is -0.347. The third-order valence-electron chi connectivity index (χ3n) is 3.46. The number of hydrogen-bond acceptors (Lipinski definition) is 4. The summed E-state index contributed by atoms with van der Waals surface area (Å²) in [5.41, 5.74) is 1.49. The number of anilines is 2. The average molecular weight is 391 g/mol. The van der Waals surface area contributed by atoms with E-state index >= 15 is 0 Å². The van der Waals surface area contributed by atoms with Crippen LogP contribution in [0.25, 0.3) is 0 Å². The van der Waals surface area contributed by atoms with Gasteiger partial charge in [-0.25, -0.2) is 0 Å². The van der Waals surface area contributed by atoms with Crippen LogP contribution in [0.2, 0.25) is 5.02 Å². The SMILES string of the molecule is CCCOc1c(Cl)cc(C(=O)Nc2cccc(NC(C)=O)c2)cc1OCC. The minimum Gasteiger partial charge on any atom is -0.490 e. The zero-order chi connectivity index (χ0) is 19.8. The van der Waals surface area contributed by atoms with E-state index in [4.69, 9.17) is 21.1 Å². The van der Waals surface area contributed by atoms with Gasteiger partial charge in [0.15, 0.2) is 11.5 Å². The van der Waals surface area contributed by atoms with Crippen molar-refractivity contribution in [3.8, 4) is 11.5 Å². The van der Waals surface area contributed by atoms with Crippen LogP contribution >= 0.6 is 11.6 Å². The van der Waals surface area contributed by atoms with Gasteiger partial charge in [0.2, 0.25) is 5.91 Å². The standard InChI is InChI=1S/C20H23ClN2O4/c1-4-9-27-19-17(21)10-14(11-18(19)26-5-2)20(25)23-16-8-6-7-15(12-16)22-13(3)24/h6-8,10-12H,4-5,9H2,1-3H3,(H,22,24)(H,23,25). The summed E-state index contributed by atoms with van der Waals surface area (Å²) < 4.78 is 11.2. The Balaban J connectivity index is 2.24. The van der Waals surface area contributed by atoms with E-state index in [1.54, 1.807) is 36.4 Å². The fourth-order valence-electron chi connectivity index (χ4n) is 2.39. The summed E-state index contributed by atoms with van der Waals surface area (Å²) in [7, 11) is 0. The lowest BCUT2D eigenvalue weighted by Crippen LogP contribution is -2.13. The second kappa shape index (κ2) is 9.83. The molecule has 0 aliphatic carbocycles. The molecule has 0 heterocycles. The number of amides is 2. The first-order chi connectivity index (χ1) is 12.9. The molecule has 2 aromatic carbocycles. The molecule has 0 aliphatic heterocycles. The van der Waals surface area contributed by atoms with Crippen LogP contribution in [0.3, 0.4) is 0 Å². The maximum Gasteiger partial charge on any atom is 0.255 e. The predicted octanol–water partition coefficient (Wildman–Crippen LogP) is 4.74. The van der Waals surface area contributed by atoms with E-state index in [0.29, 0.717) is 46.7 Å². The van der Waals surface area contributed by atoms with E-state index in [9.17, 15) is 9.59 Å². The lowest BCUT2D eigenvalue weighted by Gasteiger charge is -2.15. The van der Waals surface area contributed by atoms with Crippen LogP contribution in [0, 0.1) is 0 Å². The normalized spacial score (nSPS) is 10.2. The molecule has 0 atom stereocenters. The van der Waals surface area contributed by atoms with Crippen LogP contribution in [0.15, 0.2) is 36.4 Å². The number of halogens is 1. The van der Waals surface area contributed by atoms with Gasteiger partial charge in [-0.05, 0) is 43.7 Å². The fourth-order valence-corrected chi connectivity index (χ4v) is 2.65. The number of carbonyl (C=O) groups excluding carboxylic acids is 2. The number of nitrogens with one attached hydrogen (secondary N) is 2. The third kappa shape index (κ3) is 5.89. The summed E-state index contributed by atoms with van der Waals surface area (Å²) >= 11 is 6.30. The van der Waals surface area contributed by atoms with Gasteiger partial charge in [-0.3, -0.25) is 9.59 Å². The molecule has 0 aliphatic rings. The van der Waals surface area contributed by atoms with Crippen molar-refractivity contribution in [1.29, 1.82) is 0 Å². The molecule has 144 valence electrons. The van der Waals surface area contributed by atoms with Gasteiger partial charge >= 0.3 is 0 Å². The maximum absolute atomic E-state index is 12.6. The minimum absolute atomic E-state index is 0.186. The third-order valence-corrected chi connectivity index (χ3v) is 3.74. The smallest absolute Gasteiger partial charge is 0.255 e. The highest BCUT2D eigenvalue weighted by atomic mass is 35.5. The molecule has 0 spiro atoms. The Morgan fingerprint density at radius 1 is 1.04 bits per heavy atom. The second-order valence-electron chi connectivity index (χ2n) is 5.78. The van der Waals surface area contributed by atoms with Crippen molar-refractivity contribution >= 4 is 34.8 Å². The molecule has 2 amide bonds. The molecule has 0 unspecified atom stereocenters. The van der Waals surface area contributed by atoms with Crippen molar-refractivity contribution in [2.45, 2.75) is 27.2 Å². The molecule has 0 fully saturated rings. The van der Waals surface area contributed by atoms with Gasteiger partial charge in [0, 0.05) is 23.9 Å². The molecule has 2 rings (SSSR count). The Bertz CT molecular complexity index is 824. The van der Waals surface area contributed by atoms with Gasteiger partial charge in [-0.2, -0.15) is 0 Å². The Labute approximate surface area is 163 Å². The Morgan fingerprint density at radius 2 is 1.74 bits per heavy atom. The first kappa shape index (κ1) is 20.6. The Morgan fingerprint density at radius 3 is 2.37 bits per heavy atom. The van der Waals surface area contributed by atoms with E-state index in [-0.39, 0.29) is 11.8 Å². The molecule has 0 radical (unpaired) electrons. The van der Waals surface area contributed by atoms with Crippen LogP contribution in [0.1, 0.15) is 37.6 Å². The van der Waals surface area contributed by atoms with Crippen molar-refractivity contribution in [2.75, 3.05) is 23.8 Å². The lowest BCUT2D eigenvalue weighted by atomic mass is 10.1. The zero-order valence-electron chi connectivity index (χ0n) is 15.6. The average Bonchev–Trinajstić information content (AvgIpc) is 2.61. The summed E-state index contributed by atoms with van der Waals surface area (Å²) in [4.78, 5) is 23.8. The van der Waals surface area contributed by atoms with Crippen LogP contribution in [-0.4, -0.2) is 25.0 Å². The second-order valence-corrected chi connectivity index (χ2v) is 6.19. The van der Waals surface area contributed by atoms with Crippen LogP contribution in [0.5, 0.6) is 11.5 Å². The van der Waals surface area contributed by atoms with E-state index in [1.165, 1.54) is 6.92 Å². The summed E-state index contributed by atoms with van der Waals surface area (Å²) in [6.07, 6.45) is 0.828. The Hall–Kier alpha value is -2.73. The zero-order valence-corrected chi connectivity index (χ0v) is 16.4. The van der Waals surface area contributed by atoms with Gasteiger partial charge in [0.1, 0.15) is 0 Å². The monoisotopic (exact) mass is 390 g/mol. The molecule has 27 heavy (non-hydrogen) atoms. The summed E-state index contributed by atoms with van der Waals surface area (Å²) in [5.74, 6) is 0.328. The molecule has 7 heteroatoms. The first-order valence-corrected chi connectivity index (χ1v) is 9.10. The van der Waals surface area contributed by atoms with E-state index in [2.05, 4.69) is 10.6 Å². The van der Waals surface area contributed by atoms with Crippen molar-refractivity contribution in [3.63, 3.8) is 0 Å². The largest absolute Gasteiger partial charge is 0.490 e. The number of ether oxygens (including phenoxy) is 2. The van der Waals surface area contributed by atoms with Gasteiger partial charge in [0.05, 0.1) is 18.2 Å². The topological polar surface area (TPSA) is 76.7 Å². The molecule has 2 N–H and O–H groups in total. The van der Waals surface area contributed by atoms with Gasteiger partial charge in [-0.15, -0.1) is 0 Å². The van der Waals surface area contributed by atoms with E-state index < -0.39 is 0 Å². The molecule has 2 aromatic rings. The van der Waals surface area contributed by atoms with Crippen LogP contribution < -0.4 is 20.1 Å². The molecule has 0 saturated carbocycles. The van der Waals surface area contributed by atoms with Gasteiger partial charge < -0.3 is 20.1 Å². The van der Waals surface area contributed by atoms with Crippen molar-refractivity contribution in [3.05, 3.63) is 47.0 Å². The summed E-state index contributed by atoms with van der Waals surface area (Å²) in [6, 6.07) is 10.0. The molecular formula is C20H23ClN2O4. The fraction of sp³-hybridized carbons (Fsp3) is 0.300. The summed E-state index contributed by atoms with van der Waals surface area (Å²) in [6.45, 7) is 6.18. The number of benzene rings is 2. The van der Waals surface area contributed by atoms with Crippen molar-refractivity contribution in [2.24, 2.45) is 0 Å². The lowest BCUT2D eigenvalue weighted by molar-refractivity contribution is -0.114. The quantitative estimate of drug-likeness (QED) is 0.682. The Kier molecular flexibility index (Phi) is 7.49. The van der Waals surface area contributed by atoms with E-state index in [0.717, 1.165) is 6.42 Å². The van der Waals surface area contributed by atoms with Crippen LogP contribution in [-0.2, 0) is 4.79 Å².